The molecule has 1 N–H and O–H groups in total. The van der Waals surface area contributed by atoms with Gasteiger partial charge in [-0.25, -0.2) is 4.90 Å². The van der Waals surface area contributed by atoms with Crippen LogP contribution in [0.15, 0.2) is 109 Å². The lowest BCUT2D eigenvalue weighted by Gasteiger charge is -2.50. The summed E-state index contributed by atoms with van der Waals surface area (Å²) in [5.41, 5.74) is 1.12. The van der Waals surface area contributed by atoms with E-state index in [9.17, 15) is 19.5 Å². The molecule has 3 fully saturated rings. The number of methoxy groups -OCH3 is 1. The molecular formula is C39H30ClIN2O6. The molecule has 4 aromatic rings. The highest BCUT2D eigenvalue weighted by Crippen LogP contribution is 2.65. The van der Waals surface area contributed by atoms with Crippen LogP contribution >= 0.6 is 34.2 Å². The van der Waals surface area contributed by atoms with Gasteiger partial charge in [0.2, 0.25) is 23.6 Å². The number of allylic oxidation sites excluding steroid dienone is 2. The Kier molecular flexibility index (Phi) is 7.68. The van der Waals surface area contributed by atoms with Gasteiger partial charge in [-0.2, -0.15) is 0 Å². The fourth-order valence-electron chi connectivity index (χ4n) is 8.87. The van der Waals surface area contributed by atoms with Gasteiger partial charge in [0.15, 0.2) is 11.5 Å². The van der Waals surface area contributed by atoms with Crippen molar-refractivity contribution in [3.05, 3.63) is 128 Å². The number of anilines is 2. The Bertz CT molecular complexity index is 2080. The molecule has 2 aliphatic carbocycles. The number of nitrogens with zero attached hydrogens (tertiary/aromatic N) is 2. The number of hydrogen-bond acceptors (Lipinski definition) is 6. The van der Waals surface area contributed by atoms with E-state index < -0.39 is 46.8 Å². The van der Waals surface area contributed by atoms with E-state index in [-0.39, 0.29) is 36.2 Å². The average Bonchev–Trinajstić information content (AvgIpc) is 3.50. The molecule has 2 aliphatic heterocycles. The molecular weight excluding hydrogens is 755 g/mol. The van der Waals surface area contributed by atoms with Gasteiger partial charge in [0.05, 0.1) is 41.7 Å². The number of phenolic OH excluding ortho intramolecular Hbond substituents is 1. The number of benzene rings is 4. The molecule has 0 spiro atoms. The Labute approximate surface area is 301 Å². The number of carbonyl (C=O) groups is 4. The molecule has 0 bridgehead atoms. The number of aromatic hydroxyl groups is 1. The second-order valence-corrected chi connectivity index (χ2v) is 14.7. The van der Waals surface area contributed by atoms with Crippen molar-refractivity contribution in [1.82, 2.24) is 0 Å². The van der Waals surface area contributed by atoms with E-state index in [1.165, 1.54) is 16.9 Å². The predicted molar refractivity (Wildman–Crippen MR) is 192 cm³/mol. The maximum absolute atomic E-state index is 15.3. The first-order valence-corrected chi connectivity index (χ1v) is 17.5. The number of fused-ring (bicyclic) bond motifs is 4. The lowest BCUT2D eigenvalue weighted by molar-refractivity contribution is -0.127. The molecule has 8 nitrogen and oxygen atoms in total. The standard InChI is InChI=1S/C39H30ClIN2O6/c1-49-31-12-6-11-28(34(31)44)33-26-17-18-27-32(37(47)42(35(27)45)24-15-13-23(41)14-16-24)29(26)20-30-36(46)43(25-10-5-9-22(40)19-25)38(48)39(30,33)21-7-3-2-4-8-21/h2-17,19,27,29-30,32-33,44H,18,20H2,1H3. The van der Waals surface area contributed by atoms with Crippen molar-refractivity contribution < 1.29 is 29.0 Å². The van der Waals surface area contributed by atoms with Crippen LogP contribution in [0.5, 0.6) is 11.5 Å². The maximum atomic E-state index is 15.3. The molecule has 4 amide bonds. The van der Waals surface area contributed by atoms with Gasteiger partial charge in [0, 0.05) is 20.1 Å². The van der Waals surface area contributed by atoms with Gasteiger partial charge < -0.3 is 9.84 Å². The van der Waals surface area contributed by atoms with E-state index in [0.29, 0.717) is 27.5 Å². The highest BCUT2D eigenvalue weighted by molar-refractivity contribution is 14.1. The van der Waals surface area contributed by atoms with Crippen molar-refractivity contribution in [1.29, 1.82) is 0 Å². The third kappa shape index (κ3) is 4.54. The molecule has 6 atom stereocenters. The molecule has 246 valence electrons. The second kappa shape index (κ2) is 11.8. The fourth-order valence-corrected chi connectivity index (χ4v) is 9.41. The van der Waals surface area contributed by atoms with E-state index in [0.717, 1.165) is 9.14 Å². The summed E-state index contributed by atoms with van der Waals surface area (Å²) < 4.78 is 6.51. The van der Waals surface area contributed by atoms with Crippen LogP contribution in [-0.4, -0.2) is 35.8 Å². The normalized spacial score (nSPS) is 27.5. The second-order valence-electron chi connectivity index (χ2n) is 13.0. The van der Waals surface area contributed by atoms with Crippen molar-refractivity contribution in [2.75, 3.05) is 16.9 Å². The van der Waals surface area contributed by atoms with Crippen LogP contribution in [0.1, 0.15) is 29.9 Å². The van der Waals surface area contributed by atoms with Crippen LogP contribution in [0.3, 0.4) is 0 Å². The van der Waals surface area contributed by atoms with Crippen molar-refractivity contribution in [3.63, 3.8) is 0 Å². The highest BCUT2D eigenvalue weighted by Gasteiger charge is 2.70. The minimum absolute atomic E-state index is 0.150. The molecule has 2 heterocycles. The van der Waals surface area contributed by atoms with Crippen LogP contribution in [0.4, 0.5) is 11.4 Å². The fraction of sp³-hybridized carbons (Fsp3) is 0.231. The lowest BCUT2D eigenvalue weighted by atomic mass is 9.49. The van der Waals surface area contributed by atoms with E-state index in [4.69, 9.17) is 16.3 Å². The van der Waals surface area contributed by atoms with Crippen molar-refractivity contribution in [3.8, 4) is 11.5 Å². The van der Waals surface area contributed by atoms with Crippen LogP contribution in [-0.2, 0) is 24.6 Å². The van der Waals surface area contributed by atoms with Gasteiger partial charge in [-0.05, 0) is 95.4 Å². The quantitative estimate of drug-likeness (QED) is 0.133. The Hall–Kier alpha value is -4.48. The first-order chi connectivity index (χ1) is 23.7. The van der Waals surface area contributed by atoms with Gasteiger partial charge in [-0.15, -0.1) is 0 Å². The zero-order chi connectivity index (χ0) is 34.2. The number of phenols is 1. The first kappa shape index (κ1) is 31.8. The van der Waals surface area contributed by atoms with Gasteiger partial charge in [0.1, 0.15) is 0 Å². The minimum Gasteiger partial charge on any atom is -0.504 e. The summed E-state index contributed by atoms with van der Waals surface area (Å²) in [7, 11) is 1.45. The minimum atomic E-state index is -1.50. The summed E-state index contributed by atoms with van der Waals surface area (Å²) in [5, 5.41) is 12.1. The topological polar surface area (TPSA) is 104 Å². The summed E-state index contributed by atoms with van der Waals surface area (Å²) in [4.78, 5) is 61.1. The largest absolute Gasteiger partial charge is 0.504 e. The number of hydrogen-bond donors (Lipinski definition) is 1. The molecule has 4 aliphatic rings. The van der Waals surface area contributed by atoms with Gasteiger partial charge in [0.25, 0.3) is 0 Å². The summed E-state index contributed by atoms with van der Waals surface area (Å²) in [6, 6.07) is 28.2. The summed E-state index contributed by atoms with van der Waals surface area (Å²) in [6.07, 6.45) is 2.40. The Morgan fingerprint density at radius 3 is 2.27 bits per heavy atom. The monoisotopic (exact) mass is 784 g/mol. The number of carbonyl (C=O) groups excluding carboxylic acids is 4. The summed E-state index contributed by atoms with van der Waals surface area (Å²) >= 11 is 8.56. The van der Waals surface area contributed by atoms with Crippen LogP contribution < -0.4 is 14.5 Å². The highest BCUT2D eigenvalue weighted by atomic mass is 127. The number of halogens is 2. The van der Waals surface area contributed by atoms with Gasteiger partial charge in [-0.1, -0.05) is 71.8 Å². The summed E-state index contributed by atoms with van der Waals surface area (Å²) in [5.74, 6) is -5.14. The maximum Gasteiger partial charge on any atom is 0.246 e. The van der Waals surface area contributed by atoms with Crippen molar-refractivity contribution >= 4 is 69.2 Å². The molecule has 1 saturated carbocycles. The van der Waals surface area contributed by atoms with Crippen LogP contribution in [0, 0.1) is 27.2 Å². The summed E-state index contributed by atoms with van der Waals surface area (Å²) in [6.45, 7) is 0. The number of para-hydroxylation sites is 1. The zero-order valence-corrected chi connectivity index (χ0v) is 29.2. The third-order valence-electron chi connectivity index (χ3n) is 10.8. The molecule has 49 heavy (non-hydrogen) atoms. The number of rotatable bonds is 5. The van der Waals surface area contributed by atoms with Gasteiger partial charge in [-0.3, -0.25) is 24.1 Å². The Morgan fingerprint density at radius 1 is 0.816 bits per heavy atom. The molecule has 4 aromatic carbocycles. The molecule has 8 rings (SSSR count). The van der Waals surface area contributed by atoms with E-state index in [1.54, 1.807) is 54.6 Å². The number of ether oxygens (including phenoxy) is 1. The molecule has 0 aromatic heterocycles. The third-order valence-corrected chi connectivity index (χ3v) is 11.8. The van der Waals surface area contributed by atoms with Crippen LogP contribution in [0.2, 0.25) is 5.02 Å². The number of amides is 4. The van der Waals surface area contributed by atoms with Gasteiger partial charge >= 0.3 is 0 Å². The van der Waals surface area contributed by atoms with Crippen molar-refractivity contribution in [2.24, 2.45) is 23.7 Å². The Balaban J connectivity index is 1.37. The molecule has 0 radical (unpaired) electrons. The zero-order valence-electron chi connectivity index (χ0n) is 26.3. The smallest absolute Gasteiger partial charge is 0.246 e. The molecule has 6 unspecified atom stereocenters. The first-order valence-electron chi connectivity index (χ1n) is 16.1. The van der Waals surface area contributed by atoms with E-state index in [2.05, 4.69) is 22.6 Å². The van der Waals surface area contributed by atoms with E-state index in [1.807, 2.05) is 48.5 Å². The van der Waals surface area contributed by atoms with E-state index >= 15 is 4.79 Å². The van der Waals surface area contributed by atoms with Crippen LogP contribution in [0.25, 0.3) is 0 Å². The average molecular weight is 785 g/mol. The molecule has 10 heteroatoms. The lowest BCUT2D eigenvalue weighted by Crippen LogP contribution is -2.53. The molecule has 2 saturated heterocycles. The SMILES string of the molecule is COc1cccc(C2C3=CCC4C(=O)N(c5ccc(I)cc5)C(=O)C4C3CC3C(=O)N(c4cccc(Cl)c4)C(=O)C32c2ccccc2)c1O. The predicted octanol–water partition coefficient (Wildman–Crippen LogP) is 7.03. The Morgan fingerprint density at radius 2 is 1.55 bits per heavy atom. The number of imide groups is 2. The van der Waals surface area contributed by atoms with Crippen molar-refractivity contribution in [2.45, 2.75) is 24.2 Å².